The number of aromatic nitrogens is 1. The fourth-order valence-electron chi connectivity index (χ4n) is 5.00. The largest absolute Gasteiger partial charge is 0.455 e. The van der Waals surface area contributed by atoms with Gasteiger partial charge in [0.2, 0.25) is 0 Å². The second-order valence-electron chi connectivity index (χ2n) is 9.00. The van der Waals surface area contributed by atoms with Crippen LogP contribution in [0, 0.1) is 26.5 Å². The molecule has 2 heterocycles. The minimum atomic E-state index is -2.66. The van der Waals surface area contributed by atoms with Crippen LogP contribution in [0.15, 0.2) is 71.3 Å². The Balaban J connectivity index is 1.55. The number of hydrogen-bond acceptors (Lipinski definition) is 2. The predicted molar refractivity (Wildman–Crippen MR) is 142 cm³/mol. The van der Waals surface area contributed by atoms with E-state index in [9.17, 15) is 0 Å². The van der Waals surface area contributed by atoms with Crippen LogP contribution in [0.3, 0.4) is 0 Å². The van der Waals surface area contributed by atoms with Crippen molar-refractivity contribution in [3.63, 3.8) is 0 Å². The quantitative estimate of drug-likeness (QED) is 0.270. The Bertz CT molecular complexity index is 1910. The van der Waals surface area contributed by atoms with E-state index in [2.05, 4.69) is 4.98 Å². The van der Waals surface area contributed by atoms with Crippen molar-refractivity contribution in [2.75, 3.05) is 0 Å². The first-order chi connectivity index (χ1) is 21.0. The second-order valence-corrected chi connectivity index (χ2v) is 9.00. The van der Waals surface area contributed by atoms with E-state index in [1.807, 2.05) is 0 Å². The molecule has 1 aliphatic rings. The van der Waals surface area contributed by atoms with Crippen molar-refractivity contribution in [2.24, 2.45) is 5.92 Å². The maximum absolute atomic E-state index is 8.84. The summed E-state index contributed by atoms with van der Waals surface area (Å²) in [5.41, 5.74) is 2.22. The average molecular weight is 457 g/mol. The van der Waals surface area contributed by atoms with Gasteiger partial charge in [-0.15, -0.1) is 0 Å². The molecule has 2 aromatic heterocycles. The molecule has 1 saturated carbocycles. The number of aryl methyl sites for hydroxylation is 3. The van der Waals surface area contributed by atoms with Crippen LogP contribution in [-0.2, 0) is 6.37 Å². The molecule has 0 aliphatic heterocycles. The number of pyridine rings is 1. The molecule has 2 nitrogen and oxygen atoms in total. The molecule has 0 saturated heterocycles. The van der Waals surface area contributed by atoms with E-state index in [1.165, 1.54) is 30.5 Å². The van der Waals surface area contributed by atoms with E-state index in [0.29, 0.717) is 33.2 Å². The van der Waals surface area contributed by atoms with E-state index in [-0.39, 0.29) is 39.3 Å². The monoisotopic (exact) mass is 456 g/mol. The molecule has 0 amide bonds. The summed E-state index contributed by atoms with van der Waals surface area (Å²) in [6.45, 7) is -7.59. The van der Waals surface area contributed by atoms with Gasteiger partial charge < -0.3 is 4.42 Å². The third-order valence-corrected chi connectivity index (χ3v) is 6.71. The standard InChI is InChI=1S/C32H31NO/c1-20-11-14-31-29(15-20)26-9-6-10-27(32(26)34-31)30-18-28(22(3)19-33-30)25-13-12-24(16-21(25)2)17-23-7-4-5-8-23/h6,9-16,18-19,23H,4-5,7-8,17H2,1-3H3/i1D3,2D3,3D3,17D2. The molecule has 34 heavy (non-hydrogen) atoms. The number of rotatable bonds is 4. The Morgan fingerprint density at radius 3 is 2.65 bits per heavy atom. The molecule has 5 aromatic rings. The Labute approximate surface area is 217 Å². The van der Waals surface area contributed by atoms with Gasteiger partial charge in [-0.1, -0.05) is 67.6 Å². The normalized spacial score (nSPS) is 20.8. The smallest absolute Gasteiger partial charge is 0.144 e. The average Bonchev–Trinajstić information content (AvgIpc) is 3.64. The second kappa shape index (κ2) is 8.43. The van der Waals surface area contributed by atoms with Gasteiger partial charge in [0.25, 0.3) is 0 Å². The van der Waals surface area contributed by atoms with Gasteiger partial charge in [0.15, 0.2) is 0 Å². The highest BCUT2D eigenvalue weighted by atomic mass is 16.3. The number of furan rings is 1. The summed E-state index contributed by atoms with van der Waals surface area (Å²) in [5.74, 6) is -0.224. The fraction of sp³-hybridized carbons (Fsp3) is 0.281. The summed E-state index contributed by atoms with van der Waals surface area (Å²) < 4.78 is 97.0. The number of para-hydroxylation sites is 1. The molecule has 2 heteroatoms. The summed E-state index contributed by atoms with van der Waals surface area (Å²) >= 11 is 0. The first-order valence-electron chi connectivity index (χ1n) is 17.1. The number of nitrogens with zero attached hydrogens (tertiary/aromatic N) is 1. The van der Waals surface area contributed by atoms with Crippen molar-refractivity contribution in [3.8, 4) is 22.4 Å². The molecule has 6 rings (SSSR count). The molecule has 0 radical (unpaired) electrons. The van der Waals surface area contributed by atoms with E-state index in [0.717, 1.165) is 25.7 Å². The van der Waals surface area contributed by atoms with E-state index >= 15 is 0 Å². The first-order valence-corrected chi connectivity index (χ1v) is 11.6. The number of hydrogen-bond donors (Lipinski definition) is 0. The SMILES string of the molecule is [2H]C([2H])([2H])c1ccc2oc3c(-c4cc(-c5ccc(C([2H])([2H])C6CCCC6)cc5C([2H])([2H])[2H])c(C([2H])([2H])[2H])cn4)cccc3c2c1. The highest BCUT2D eigenvalue weighted by Gasteiger charge is 2.17. The lowest BCUT2D eigenvalue weighted by Gasteiger charge is -2.14. The molecular formula is C32H31NO. The Morgan fingerprint density at radius 2 is 1.79 bits per heavy atom. The van der Waals surface area contributed by atoms with Crippen LogP contribution in [0.2, 0.25) is 0 Å². The zero-order valence-corrected chi connectivity index (χ0v) is 18.6. The zero-order chi connectivity index (χ0) is 32.5. The fourth-order valence-corrected chi connectivity index (χ4v) is 5.00. The number of fused-ring (bicyclic) bond motifs is 3. The van der Waals surface area contributed by atoms with Gasteiger partial charge in [-0.25, -0.2) is 0 Å². The number of benzene rings is 3. The van der Waals surface area contributed by atoms with Crippen LogP contribution >= 0.6 is 0 Å². The maximum atomic E-state index is 8.84. The zero-order valence-electron chi connectivity index (χ0n) is 29.6. The van der Waals surface area contributed by atoms with Crippen LogP contribution in [-0.4, -0.2) is 4.98 Å². The van der Waals surface area contributed by atoms with Gasteiger partial charge in [0.1, 0.15) is 11.2 Å². The topological polar surface area (TPSA) is 26.0 Å². The lowest BCUT2D eigenvalue weighted by molar-refractivity contribution is 0.546. The van der Waals surface area contributed by atoms with Crippen molar-refractivity contribution in [1.82, 2.24) is 4.98 Å². The summed E-state index contributed by atoms with van der Waals surface area (Å²) in [5, 5.41) is 1.26. The van der Waals surface area contributed by atoms with Crippen molar-refractivity contribution in [2.45, 2.75) is 52.6 Å². The third-order valence-electron chi connectivity index (χ3n) is 6.71. The van der Waals surface area contributed by atoms with Crippen LogP contribution in [0.25, 0.3) is 44.3 Å². The van der Waals surface area contributed by atoms with E-state index in [1.54, 1.807) is 36.4 Å². The van der Waals surface area contributed by atoms with Crippen molar-refractivity contribution in [1.29, 1.82) is 0 Å². The molecule has 3 aromatic carbocycles. The van der Waals surface area contributed by atoms with E-state index in [4.69, 9.17) is 19.5 Å². The summed E-state index contributed by atoms with van der Waals surface area (Å²) in [4.78, 5) is 4.47. The van der Waals surface area contributed by atoms with Crippen LogP contribution in [0.1, 0.15) is 63.0 Å². The van der Waals surface area contributed by atoms with Gasteiger partial charge in [-0.05, 0) is 84.9 Å². The predicted octanol–water partition coefficient (Wildman–Crippen LogP) is 8.97. The Morgan fingerprint density at radius 1 is 0.882 bits per heavy atom. The van der Waals surface area contributed by atoms with Gasteiger partial charge in [0, 0.05) is 37.6 Å². The molecule has 170 valence electrons. The maximum Gasteiger partial charge on any atom is 0.144 e. The summed E-state index contributed by atoms with van der Waals surface area (Å²) in [7, 11) is 0. The summed E-state index contributed by atoms with van der Waals surface area (Å²) in [6.07, 6.45) is 2.78. The molecule has 0 unspecified atom stereocenters. The Hall–Kier alpha value is -3.39. The minimum absolute atomic E-state index is 0.135. The van der Waals surface area contributed by atoms with Crippen molar-refractivity contribution in [3.05, 3.63) is 89.1 Å². The molecular weight excluding hydrogens is 414 g/mol. The highest BCUT2D eigenvalue weighted by molar-refractivity contribution is 6.09. The van der Waals surface area contributed by atoms with Crippen molar-refractivity contribution < 1.29 is 19.5 Å². The van der Waals surface area contributed by atoms with Gasteiger partial charge in [0.05, 0.1) is 5.69 Å². The molecule has 0 N–H and O–H groups in total. The molecule has 0 bridgehead atoms. The molecule has 1 fully saturated rings. The van der Waals surface area contributed by atoms with E-state index < -0.39 is 26.9 Å². The van der Waals surface area contributed by atoms with Gasteiger partial charge >= 0.3 is 0 Å². The highest BCUT2D eigenvalue weighted by Crippen LogP contribution is 2.38. The minimum Gasteiger partial charge on any atom is -0.455 e. The van der Waals surface area contributed by atoms with Gasteiger partial charge in [-0.3, -0.25) is 4.98 Å². The molecule has 0 spiro atoms. The lowest BCUT2D eigenvalue weighted by Crippen LogP contribution is -1.99. The lowest BCUT2D eigenvalue weighted by atomic mass is 9.91. The molecule has 1 aliphatic carbocycles. The van der Waals surface area contributed by atoms with Gasteiger partial charge in [-0.2, -0.15) is 0 Å². The van der Waals surface area contributed by atoms with Crippen molar-refractivity contribution >= 4 is 21.9 Å². The van der Waals surface area contributed by atoms with Crippen LogP contribution < -0.4 is 0 Å². The first kappa shape index (κ1) is 12.4. The van der Waals surface area contributed by atoms with Crippen LogP contribution in [0.4, 0.5) is 0 Å². The Kier molecular flexibility index (Phi) is 3.06. The third kappa shape index (κ3) is 3.72. The van der Waals surface area contributed by atoms with Crippen LogP contribution in [0.5, 0.6) is 0 Å². The molecule has 0 atom stereocenters. The summed E-state index contributed by atoms with van der Waals surface area (Å²) in [6, 6.07) is 16.0.